The first-order valence-corrected chi connectivity index (χ1v) is 10.2. The van der Waals surface area contributed by atoms with Crippen LogP contribution in [0.5, 0.6) is 0 Å². The third kappa shape index (κ3) is 4.53. The molecule has 1 unspecified atom stereocenters. The van der Waals surface area contributed by atoms with Gasteiger partial charge < -0.3 is 4.42 Å². The van der Waals surface area contributed by atoms with Gasteiger partial charge in [-0.3, -0.25) is 0 Å². The van der Waals surface area contributed by atoms with Crippen LogP contribution in [0.3, 0.4) is 0 Å². The number of nitriles is 1. The summed E-state index contributed by atoms with van der Waals surface area (Å²) in [5, 5.41) is 8.58. The number of benzene rings is 2. The van der Waals surface area contributed by atoms with Crippen molar-refractivity contribution >= 4 is 10.0 Å². The second kappa shape index (κ2) is 7.93. The molecule has 3 aromatic rings. The fourth-order valence-electron chi connectivity index (χ4n) is 2.72. The Labute approximate surface area is 171 Å². The van der Waals surface area contributed by atoms with Crippen LogP contribution in [0, 0.1) is 18.3 Å². The molecule has 0 amide bonds. The number of sulfonamides is 1. The van der Waals surface area contributed by atoms with Crippen molar-refractivity contribution in [1.29, 1.82) is 5.26 Å². The Morgan fingerprint density at radius 1 is 1.17 bits per heavy atom. The molecular weight excluding hydrogens is 419 g/mol. The SMILES string of the molecule is Cc1ccc(-c2nc(C#N)c(S(=O)(=O)NC(C)c3cccc(C(F)(F)F)c3)o2)cc1. The Kier molecular flexibility index (Phi) is 5.70. The van der Waals surface area contributed by atoms with Crippen molar-refractivity contribution in [3.05, 3.63) is 70.9 Å². The van der Waals surface area contributed by atoms with Crippen LogP contribution in [0.25, 0.3) is 11.5 Å². The molecule has 30 heavy (non-hydrogen) atoms. The highest BCUT2D eigenvalue weighted by Crippen LogP contribution is 2.31. The average molecular weight is 435 g/mol. The topological polar surface area (TPSA) is 96.0 Å². The minimum Gasteiger partial charge on any atom is -0.422 e. The van der Waals surface area contributed by atoms with Gasteiger partial charge in [0.05, 0.1) is 5.56 Å². The van der Waals surface area contributed by atoms with Gasteiger partial charge in [0.2, 0.25) is 5.89 Å². The molecule has 10 heteroatoms. The van der Waals surface area contributed by atoms with Gasteiger partial charge in [-0.25, -0.2) is 13.1 Å². The van der Waals surface area contributed by atoms with Crippen LogP contribution in [0.2, 0.25) is 0 Å². The van der Waals surface area contributed by atoms with Crippen LogP contribution in [0.4, 0.5) is 13.2 Å². The van der Waals surface area contributed by atoms with Crippen LogP contribution in [0.15, 0.2) is 58.0 Å². The molecule has 0 bridgehead atoms. The number of nitrogens with zero attached hydrogens (tertiary/aromatic N) is 2. The lowest BCUT2D eigenvalue weighted by Gasteiger charge is -2.15. The summed E-state index contributed by atoms with van der Waals surface area (Å²) in [7, 11) is -4.38. The molecule has 156 valence electrons. The lowest BCUT2D eigenvalue weighted by molar-refractivity contribution is -0.137. The Morgan fingerprint density at radius 3 is 2.43 bits per heavy atom. The zero-order valence-corrected chi connectivity index (χ0v) is 16.7. The maximum atomic E-state index is 12.9. The van der Waals surface area contributed by atoms with Gasteiger partial charge in [0, 0.05) is 11.6 Å². The highest BCUT2D eigenvalue weighted by atomic mass is 32.2. The molecule has 1 aromatic heterocycles. The molecule has 1 atom stereocenters. The average Bonchev–Trinajstić information content (AvgIpc) is 3.13. The number of aromatic nitrogens is 1. The molecule has 1 heterocycles. The lowest BCUT2D eigenvalue weighted by Crippen LogP contribution is -2.27. The van der Waals surface area contributed by atoms with E-state index in [1.807, 2.05) is 6.92 Å². The number of nitrogens with one attached hydrogen (secondary N) is 1. The van der Waals surface area contributed by atoms with Crippen molar-refractivity contribution in [2.24, 2.45) is 0 Å². The van der Waals surface area contributed by atoms with E-state index in [9.17, 15) is 26.9 Å². The molecular formula is C20H16F3N3O3S. The standard InChI is InChI=1S/C20H16F3N3O3S/c1-12-6-8-14(9-7-12)18-25-17(11-24)19(29-18)30(27,28)26-13(2)15-4-3-5-16(10-15)20(21,22)23/h3-10,13,26H,1-2H3. The van der Waals surface area contributed by atoms with Crippen LogP contribution in [-0.2, 0) is 16.2 Å². The van der Waals surface area contributed by atoms with E-state index in [2.05, 4.69) is 9.71 Å². The van der Waals surface area contributed by atoms with Gasteiger partial charge in [0.15, 0.2) is 5.69 Å². The number of halogens is 3. The van der Waals surface area contributed by atoms with Gasteiger partial charge in [-0.15, -0.1) is 0 Å². The van der Waals surface area contributed by atoms with Gasteiger partial charge in [0.25, 0.3) is 15.1 Å². The summed E-state index contributed by atoms with van der Waals surface area (Å²) in [6.45, 7) is 3.26. The Balaban J connectivity index is 1.92. The highest BCUT2D eigenvalue weighted by Gasteiger charge is 2.32. The number of hydrogen-bond donors (Lipinski definition) is 1. The highest BCUT2D eigenvalue weighted by molar-refractivity contribution is 7.89. The maximum absolute atomic E-state index is 12.9. The summed E-state index contributed by atoms with van der Waals surface area (Å²) in [5.41, 5.74) is 0.198. The first-order valence-electron chi connectivity index (χ1n) is 8.69. The van der Waals surface area contributed by atoms with Crippen LogP contribution < -0.4 is 4.72 Å². The van der Waals surface area contributed by atoms with E-state index in [0.717, 1.165) is 17.7 Å². The minimum absolute atomic E-state index is 0.0568. The predicted molar refractivity (Wildman–Crippen MR) is 102 cm³/mol. The van der Waals surface area contributed by atoms with Crippen LogP contribution in [-0.4, -0.2) is 13.4 Å². The molecule has 0 aliphatic rings. The fourth-order valence-corrected chi connectivity index (χ4v) is 3.96. The summed E-state index contributed by atoms with van der Waals surface area (Å²) >= 11 is 0. The van der Waals surface area contributed by atoms with Crippen molar-refractivity contribution in [1.82, 2.24) is 9.71 Å². The van der Waals surface area contributed by atoms with Crippen molar-refractivity contribution in [3.8, 4) is 17.5 Å². The fraction of sp³-hybridized carbons (Fsp3) is 0.200. The first-order chi connectivity index (χ1) is 14.0. The largest absolute Gasteiger partial charge is 0.422 e. The molecule has 0 fully saturated rings. The zero-order valence-electron chi connectivity index (χ0n) is 15.9. The number of oxazole rings is 1. The molecule has 0 aliphatic heterocycles. The molecule has 0 saturated carbocycles. The summed E-state index contributed by atoms with van der Waals surface area (Å²) in [6, 6.07) is 11.8. The van der Waals surface area contributed by atoms with E-state index in [0.29, 0.717) is 5.56 Å². The van der Waals surface area contributed by atoms with E-state index in [-0.39, 0.29) is 11.5 Å². The van der Waals surface area contributed by atoms with E-state index < -0.39 is 38.6 Å². The van der Waals surface area contributed by atoms with Crippen LogP contribution >= 0.6 is 0 Å². The molecule has 3 rings (SSSR count). The van der Waals surface area contributed by atoms with E-state index in [1.165, 1.54) is 19.1 Å². The summed E-state index contributed by atoms with van der Waals surface area (Å²) < 4.78 is 71.9. The predicted octanol–water partition coefficient (Wildman–Crippen LogP) is 4.58. The van der Waals surface area contributed by atoms with E-state index >= 15 is 0 Å². The molecule has 0 saturated heterocycles. The number of hydrogen-bond acceptors (Lipinski definition) is 5. The summed E-state index contributed by atoms with van der Waals surface area (Å²) in [4.78, 5) is 3.93. The zero-order chi connectivity index (χ0) is 22.1. The van der Waals surface area contributed by atoms with Crippen molar-refractivity contribution in [2.45, 2.75) is 31.2 Å². The second-order valence-electron chi connectivity index (χ2n) is 6.60. The van der Waals surface area contributed by atoms with E-state index in [4.69, 9.17) is 4.42 Å². The normalized spacial score (nSPS) is 13.1. The smallest absolute Gasteiger partial charge is 0.416 e. The quantitative estimate of drug-likeness (QED) is 0.633. The van der Waals surface area contributed by atoms with E-state index in [1.54, 1.807) is 30.3 Å². The Morgan fingerprint density at radius 2 is 1.83 bits per heavy atom. The molecule has 2 aromatic carbocycles. The number of aryl methyl sites for hydroxylation is 1. The maximum Gasteiger partial charge on any atom is 0.416 e. The van der Waals surface area contributed by atoms with Crippen LogP contribution in [0.1, 0.15) is 35.3 Å². The molecule has 1 N–H and O–H groups in total. The third-order valence-electron chi connectivity index (χ3n) is 4.29. The number of rotatable bonds is 5. The summed E-state index contributed by atoms with van der Waals surface area (Å²) in [5.74, 6) is -0.0568. The van der Waals surface area contributed by atoms with Gasteiger partial charge >= 0.3 is 6.18 Å². The first kappa shape index (κ1) is 21.5. The van der Waals surface area contributed by atoms with Gasteiger partial charge in [0.1, 0.15) is 6.07 Å². The summed E-state index contributed by atoms with van der Waals surface area (Å²) in [6.07, 6.45) is -4.56. The molecule has 0 aliphatic carbocycles. The lowest BCUT2D eigenvalue weighted by atomic mass is 10.1. The Hall–Kier alpha value is -3.16. The van der Waals surface area contributed by atoms with Gasteiger partial charge in [-0.1, -0.05) is 29.8 Å². The van der Waals surface area contributed by atoms with Crippen molar-refractivity contribution in [3.63, 3.8) is 0 Å². The molecule has 6 nitrogen and oxygen atoms in total. The molecule has 0 radical (unpaired) electrons. The van der Waals surface area contributed by atoms with Gasteiger partial charge in [-0.05, 0) is 43.7 Å². The minimum atomic E-state index is -4.56. The van der Waals surface area contributed by atoms with Crippen molar-refractivity contribution < 1.29 is 26.0 Å². The monoisotopic (exact) mass is 435 g/mol. The van der Waals surface area contributed by atoms with Gasteiger partial charge in [-0.2, -0.15) is 23.4 Å². The Bertz CT molecular complexity index is 1210. The third-order valence-corrected chi connectivity index (χ3v) is 5.72. The van der Waals surface area contributed by atoms with Crippen molar-refractivity contribution in [2.75, 3.05) is 0 Å². The second-order valence-corrected chi connectivity index (χ2v) is 8.21. The number of alkyl halides is 3. The molecule has 0 spiro atoms.